The molecule has 0 aliphatic carbocycles. The number of aryl methyl sites for hydroxylation is 1. The van der Waals surface area contributed by atoms with Gasteiger partial charge in [-0.2, -0.15) is 0 Å². The smallest absolute Gasteiger partial charge is 0.224 e. The Bertz CT molecular complexity index is 319. The third-order valence-electron chi connectivity index (χ3n) is 3.16. The van der Waals surface area contributed by atoms with E-state index in [1.54, 1.807) is 12.7 Å². The molecule has 0 spiro atoms. The van der Waals surface area contributed by atoms with Gasteiger partial charge in [-0.25, -0.2) is 0 Å². The molecule has 1 amide bonds. The van der Waals surface area contributed by atoms with E-state index in [0.29, 0.717) is 18.9 Å². The maximum absolute atomic E-state index is 11.9. The third kappa shape index (κ3) is 4.54. The second-order valence-electron chi connectivity index (χ2n) is 4.41. The van der Waals surface area contributed by atoms with E-state index in [0.717, 1.165) is 19.4 Å². The van der Waals surface area contributed by atoms with Gasteiger partial charge in [-0.15, -0.1) is 10.2 Å². The van der Waals surface area contributed by atoms with Crippen molar-refractivity contribution in [3.63, 3.8) is 0 Å². The number of hydrogen-bond donors (Lipinski definition) is 0. The fourth-order valence-corrected chi connectivity index (χ4v) is 1.79. The Morgan fingerprint density at radius 3 is 2.41 bits per heavy atom. The number of carbonyl (C=O) groups is 1. The van der Waals surface area contributed by atoms with E-state index in [2.05, 4.69) is 24.0 Å². The van der Waals surface area contributed by atoms with E-state index in [9.17, 15) is 4.79 Å². The van der Waals surface area contributed by atoms with Crippen LogP contribution in [0.5, 0.6) is 0 Å². The van der Waals surface area contributed by atoms with Crippen LogP contribution in [0.3, 0.4) is 0 Å². The zero-order valence-corrected chi connectivity index (χ0v) is 11.0. The fourth-order valence-electron chi connectivity index (χ4n) is 1.79. The van der Waals surface area contributed by atoms with Gasteiger partial charge in [-0.3, -0.25) is 4.79 Å². The molecule has 0 atom stereocenters. The minimum absolute atomic E-state index is 0.186. The lowest BCUT2D eigenvalue weighted by Gasteiger charge is -2.22. The van der Waals surface area contributed by atoms with Crippen molar-refractivity contribution in [3.8, 4) is 0 Å². The summed E-state index contributed by atoms with van der Waals surface area (Å²) in [5, 5.41) is 7.42. The molecule has 1 rings (SSSR count). The van der Waals surface area contributed by atoms with Crippen LogP contribution in [0.4, 0.5) is 0 Å². The van der Waals surface area contributed by atoms with Crippen molar-refractivity contribution in [3.05, 3.63) is 12.7 Å². The Morgan fingerprint density at radius 2 is 1.88 bits per heavy atom. The van der Waals surface area contributed by atoms with Gasteiger partial charge in [0.2, 0.25) is 5.91 Å². The monoisotopic (exact) mass is 238 g/mol. The van der Waals surface area contributed by atoms with Crippen molar-refractivity contribution < 1.29 is 4.79 Å². The van der Waals surface area contributed by atoms with Gasteiger partial charge in [0.1, 0.15) is 12.7 Å². The highest BCUT2D eigenvalue weighted by molar-refractivity contribution is 5.75. The van der Waals surface area contributed by atoms with Gasteiger partial charge in [-0.05, 0) is 5.92 Å². The zero-order valence-electron chi connectivity index (χ0n) is 11.0. The lowest BCUT2D eigenvalue weighted by molar-refractivity contribution is -0.130. The molecular formula is C12H22N4O. The first-order chi connectivity index (χ1) is 8.17. The third-order valence-corrected chi connectivity index (χ3v) is 3.16. The molecule has 0 aliphatic heterocycles. The zero-order chi connectivity index (χ0) is 12.7. The summed E-state index contributed by atoms with van der Waals surface area (Å²) in [6.07, 6.45) is 6.02. The van der Waals surface area contributed by atoms with Crippen molar-refractivity contribution in [1.29, 1.82) is 0 Å². The van der Waals surface area contributed by atoms with Crippen LogP contribution >= 0.6 is 0 Å². The molecule has 0 aromatic carbocycles. The Hall–Kier alpha value is -1.39. The molecule has 17 heavy (non-hydrogen) atoms. The SMILES string of the molecule is CCC(CC)CN(C)C(=O)CCn1cnnc1. The second-order valence-corrected chi connectivity index (χ2v) is 4.41. The van der Waals surface area contributed by atoms with E-state index < -0.39 is 0 Å². The van der Waals surface area contributed by atoms with E-state index in [1.807, 2.05) is 16.5 Å². The Labute approximate surface area is 103 Å². The average molecular weight is 238 g/mol. The molecule has 0 aliphatic rings. The highest BCUT2D eigenvalue weighted by Crippen LogP contribution is 2.09. The molecule has 1 aromatic rings. The van der Waals surface area contributed by atoms with Crippen LogP contribution in [0.1, 0.15) is 33.1 Å². The molecule has 96 valence electrons. The first kappa shape index (κ1) is 13.7. The maximum Gasteiger partial charge on any atom is 0.224 e. The highest BCUT2D eigenvalue weighted by Gasteiger charge is 2.12. The largest absolute Gasteiger partial charge is 0.345 e. The molecule has 0 bridgehead atoms. The molecule has 1 heterocycles. The summed E-state index contributed by atoms with van der Waals surface area (Å²) in [5.74, 6) is 0.796. The van der Waals surface area contributed by atoms with Crippen LogP contribution in [0.2, 0.25) is 0 Å². The van der Waals surface area contributed by atoms with E-state index in [4.69, 9.17) is 0 Å². The van der Waals surface area contributed by atoms with Gasteiger partial charge in [0, 0.05) is 26.6 Å². The predicted molar refractivity (Wildman–Crippen MR) is 66.3 cm³/mol. The molecule has 5 heteroatoms. The summed E-state index contributed by atoms with van der Waals surface area (Å²) in [6.45, 7) is 5.85. The van der Waals surface area contributed by atoms with Gasteiger partial charge >= 0.3 is 0 Å². The lowest BCUT2D eigenvalue weighted by Crippen LogP contribution is -2.32. The van der Waals surface area contributed by atoms with Gasteiger partial charge in [0.05, 0.1) is 0 Å². The minimum atomic E-state index is 0.186. The summed E-state index contributed by atoms with van der Waals surface area (Å²) >= 11 is 0. The number of nitrogens with zero attached hydrogens (tertiary/aromatic N) is 4. The summed E-state index contributed by atoms with van der Waals surface area (Å²) in [7, 11) is 1.88. The van der Waals surface area contributed by atoms with Crippen LogP contribution in [0.25, 0.3) is 0 Å². The topological polar surface area (TPSA) is 51.0 Å². The normalized spacial score (nSPS) is 10.8. The first-order valence-corrected chi connectivity index (χ1v) is 6.23. The number of carbonyl (C=O) groups excluding carboxylic acids is 1. The Morgan fingerprint density at radius 1 is 1.29 bits per heavy atom. The van der Waals surface area contributed by atoms with Crippen molar-refractivity contribution in [1.82, 2.24) is 19.7 Å². The molecule has 0 unspecified atom stereocenters. The molecule has 0 fully saturated rings. The van der Waals surface area contributed by atoms with Crippen LogP contribution in [0.15, 0.2) is 12.7 Å². The summed E-state index contributed by atoms with van der Waals surface area (Å²) in [4.78, 5) is 13.7. The number of aromatic nitrogens is 3. The van der Waals surface area contributed by atoms with Crippen molar-refractivity contribution >= 4 is 5.91 Å². The molecule has 0 N–H and O–H groups in total. The molecule has 5 nitrogen and oxygen atoms in total. The minimum Gasteiger partial charge on any atom is -0.345 e. The lowest BCUT2D eigenvalue weighted by atomic mass is 10.0. The van der Waals surface area contributed by atoms with Gasteiger partial charge in [0.15, 0.2) is 0 Å². The molecule has 1 aromatic heterocycles. The van der Waals surface area contributed by atoms with Crippen molar-refractivity contribution in [2.75, 3.05) is 13.6 Å². The van der Waals surface area contributed by atoms with Crippen LogP contribution in [0, 0.1) is 5.92 Å². The molecule has 0 saturated carbocycles. The summed E-state index contributed by atoms with van der Waals surface area (Å²) < 4.78 is 1.82. The summed E-state index contributed by atoms with van der Waals surface area (Å²) in [6, 6.07) is 0. The van der Waals surface area contributed by atoms with Gasteiger partial charge < -0.3 is 9.47 Å². The first-order valence-electron chi connectivity index (χ1n) is 6.23. The number of amides is 1. The Kier molecular flexibility index (Phi) is 5.66. The van der Waals surface area contributed by atoms with Crippen LogP contribution < -0.4 is 0 Å². The van der Waals surface area contributed by atoms with Crippen LogP contribution in [-0.4, -0.2) is 39.2 Å². The second kappa shape index (κ2) is 7.04. The highest BCUT2D eigenvalue weighted by atomic mass is 16.2. The van der Waals surface area contributed by atoms with Gasteiger partial charge in [-0.1, -0.05) is 26.7 Å². The van der Waals surface area contributed by atoms with Crippen molar-refractivity contribution in [2.24, 2.45) is 5.92 Å². The molecule has 0 radical (unpaired) electrons. The standard InChI is InChI=1S/C12H22N4O/c1-4-11(5-2)8-15(3)12(17)6-7-16-9-13-14-10-16/h9-11H,4-8H2,1-3H3. The van der Waals surface area contributed by atoms with E-state index in [-0.39, 0.29) is 5.91 Å². The maximum atomic E-state index is 11.9. The van der Waals surface area contributed by atoms with Crippen LogP contribution in [-0.2, 0) is 11.3 Å². The predicted octanol–water partition coefficient (Wildman–Crippen LogP) is 1.56. The quantitative estimate of drug-likeness (QED) is 0.724. The number of rotatable bonds is 7. The number of hydrogen-bond acceptors (Lipinski definition) is 3. The molecule has 0 saturated heterocycles. The van der Waals surface area contributed by atoms with Crippen molar-refractivity contribution in [2.45, 2.75) is 39.7 Å². The summed E-state index contributed by atoms with van der Waals surface area (Å²) in [5.41, 5.74) is 0. The molecular weight excluding hydrogens is 216 g/mol. The van der Waals surface area contributed by atoms with E-state index >= 15 is 0 Å². The average Bonchev–Trinajstić information content (AvgIpc) is 2.85. The van der Waals surface area contributed by atoms with E-state index in [1.165, 1.54) is 0 Å². The fraction of sp³-hybridized carbons (Fsp3) is 0.750. The van der Waals surface area contributed by atoms with Gasteiger partial charge in [0.25, 0.3) is 0 Å². The Balaban J connectivity index is 2.31.